The molecule has 0 aromatic carbocycles. The van der Waals surface area contributed by atoms with E-state index in [-0.39, 0.29) is 0 Å². The molecule has 1 saturated heterocycles. The molecule has 2 heterocycles. The Morgan fingerprint density at radius 3 is 3.07 bits per heavy atom. The topological polar surface area (TPSA) is 63.0 Å². The van der Waals surface area contributed by atoms with Crippen LogP contribution in [0.25, 0.3) is 0 Å². The SMILES string of the molecule is Cn1nncc1C1(O)CCCNCC1. The van der Waals surface area contributed by atoms with Gasteiger partial charge in [-0.2, -0.15) is 0 Å². The lowest BCUT2D eigenvalue weighted by atomic mass is 9.91. The van der Waals surface area contributed by atoms with Crippen LogP contribution < -0.4 is 5.32 Å². The Bertz CT molecular complexity index is 302. The summed E-state index contributed by atoms with van der Waals surface area (Å²) in [5, 5.41) is 21.4. The highest BCUT2D eigenvalue weighted by atomic mass is 16.3. The van der Waals surface area contributed by atoms with E-state index in [4.69, 9.17) is 0 Å². The maximum Gasteiger partial charge on any atom is 0.109 e. The minimum Gasteiger partial charge on any atom is -0.383 e. The van der Waals surface area contributed by atoms with Gasteiger partial charge in [-0.3, -0.25) is 0 Å². The molecule has 0 radical (unpaired) electrons. The molecule has 1 atom stereocenters. The number of rotatable bonds is 1. The first kappa shape index (κ1) is 9.61. The van der Waals surface area contributed by atoms with Gasteiger partial charge in [0.25, 0.3) is 0 Å². The summed E-state index contributed by atoms with van der Waals surface area (Å²) < 4.78 is 1.66. The number of aromatic nitrogens is 3. The van der Waals surface area contributed by atoms with Gasteiger partial charge in [0.05, 0.1) is 11.9 Å². The quantitative estimate of drug-likeness (QED) is 0.651. The number of aryl methyl sites for hydroxylation is 1. The molecule has 0 spiro atoms. The highest BCUT2D eigenvalue weighted by Crippen LogP contribution is 2.29. The fourth-order valence-corrected chi connectivity index (χ4v) is 2.02. The Morgan fingerprint density at radius 2 is 2.36 bits per heavy atom. The highest BCUT2D eigenvalue weighted by Gasteiger charge is 2.32. The molecule has 5 heteroatoms. The number of nitrogens with one attached hydrogen (secondary N) is 1. The third kappa shape index (κ3) is 1.65. The van der Waals surface area contributed by atoms with Crippen molar-refractivity contribution in [2.24, 2.45) is 7.05 Å². The van der Waals surface area contributed by atoms with Gasteiger partial charge in [0.1, 0.15) is 5.60 Å². The summed E-state index contributed by atoms with van der Waals surface area (Å²) in [7, 11) is 1.82. The predicted octanol–water partition coefficient (Wildman–Crippen LogP) is -0.224. The Kier molecular flexibility index (Phi) is 2.52. The van der Waals surface area contributed by atoms with Crippen molar-refractivity contribution in [3.63, 3.8) is 0 Å². The largest absolute Gasteiger partial charge is 0.383 e. The first-order valence-corrected chi connectivity index (χ1v) is 5.01. The van der Waals surface area contributed by atoms with E-state index in [1.165, 1.54) is 0 Å². The first-order chi connectivity index (χ1) is 6.72. The van der Waals surface area contributed by atoms with Crippen LogP contribution in [-0.4, -0.2) is 33.2 Å². The summed E-state index contributed by atoms with van der Waals surface area (Å²) in [4.78, 5) is 0. The van der Waals surface area contributed by atoms with Crippen molar-refractivity contribution in [3.05, 3.63) is 11.9 Å². The summed E-state index contributed by atoms with van der Waals surface area (Å²) >= 11 is 0. The van der Waals surface area contributed by atoms with Crippen molar-refractivity contribution in [2.45, 2.75) is 24.9 Å². The fourth-order valence-electron chi connectivity index (χ4n) is 2.02. The van der Waals surface area contributed by atoms with Crippen molar-refractivity contribution in [1.29, 1.82) is 0 Å². The molecule has 0 aliphatic carbocycles. The molecular weight excluding hydrogens is 180 g/mol. The molecule has 78 valence electrons. The standard InChI is InChI=1S/C9H16N4O/c1-13-8(7-11-12-13)9(14)3-2-5-10-6-4-9/h7,10,14H,2-6H2,1H3. The van der Waals surface area contributed by atoms with Gasteiger partial charge in [-0.15, -0.1) is 5.10 Å². The Morgan fingerprint density at radius 1 is 1.50 bits per heavy atom. The zero-order valence-electron chi connectivity index (χ0n) is 8.40. The minimum absolute atomic E-state index is 0.730. The van der Waals surface area contributed by atoms with Gasteiger partial charge >= 0.3 is 0 Å². The van der Waals surface area contributed by atoms with Crippen LogP contribution >= 0.6 is 0 Å². The van der Waals surface area contributed by atoms with Gasteiger partial charge in [-0.05, 0) is 32.4 Å². The van der Waals surface area contributed by atoms with Crippen LogP contribution in [0.2, 0.25) is 0 Å². The van der Waals surface area contributed by atoms with E-state index in [2.05, 4.69) is 15.6 Å². The lowest BCUT2D eigenvalue weighted by Gasteiger charge is -2.25. The molecule has 14 heavy (non-hydrogen) atoms. The van der Waals surface area contributed by atoms with Crippen molar-refractivity contribution in [3.8, 4) is 0 Å². The van der Waals surface area contributed by atoms with E-state index < -0.39 is 5.60 Å². The zero-order valence-corrected chi connectivity index (χ0v) is 8.40. The maximum absolute atomic E-state index is 10.5. The third-order valence-corrected chi connectivity index (χ3v) is 2.85. The lowest BCUT2D eigenvalue weighted by molar-refractivity contribution is 0.0160. The number of hydrogen-bond donors (Lipinski definition) is 2. The zero-order chi connectivity index (χ0) is 10.0. The third-order valence-electron chi connectivity index (χ3n) is 2.85. The Labute approximate surface area is 83.1 Å². The molecule has 2 rings (SSSR count). The van der Waals surface area contributed by atoms with Gasteiger partial charge in [-0.1, -0.05) is 5.21 Å². The van der Waals surface area contributed by atoms with E-state index >= 15 is 0 Å². The van der Waals surface area contributed by atoms with Gasteiger partial charge < -0.3 is 10.4 Å². The normalized spacial score (nSPS) is 28.7. The number of aliphatic hydroxyl groups is 1. The maximum atomic E-state index is 10.5. The van der Waals surface area contributed by atoms with Crippen LogP contribution in [0.15, 0.2) is 6.20 Å². The number of nitrogens with zero attached hydrogens (tertiary/aromatic N) is 3. The van der Waals surface area contributed by atoms with Gasteiger partial charge in [0.15, 0.2) is 0 Å². The molecule has 0 bridgehead atoms. The second-order valence-corrected chi connectivity index (χ2v) is 3.88. The van der Waals surface area contributed by atoms with Crippen molar-refractivity contribution >= 4 is 0 Å². The first-order valence-electron chi connectivity index (χ1n) is 5.01. The van der Waals surface area contributed by atoms with Gasteiger partial charge in [0, 0.05) is 7.05 Å². The van der Waals surface area contributed by atoms with Crippen LogP contribution in [0.4, 0.5) is 0 Å². The summed E-state index contributed by atoms with van der Waals surface area (Å²) in [5.41, 5.74) is 0.0723. The second-order valence-electron chi connectivity index (χ2n) is 3.88. The van der Waals surface area contributed by atoms with Crippen LogP contribution in [0, 0.1) is 0 Å². The van der Waals surface area contributed by atoms with Crippen molar-refractivity contribution in [1.82, 2.24) is 20.3 Å². The Balaban J connectivity index is 2.25. The molecule has 1 fully saturated rings. The molecule has 0 amide bonds. The highest BCUT2D eigenvalue weighted by molar-refractivity contribution is 5.08. The second kappa shape index (κ2) is 3.67. The summed E-state index contributed by atoms with van der Waals surface area (Å²) in [6.45, 7) is 1.83. The molecule has 5 nitrogen and oxygen atoms in total. The summed E-state index contributed by atoms with van der Waals surface area (Å²) in [6.07, 6.45) is 4.16. The van der Waals surface area contributed by atoms with Crippen LogP contribution in [0.1, 0.15) is 25.0 Å². The van der Waals surface area contributed by atoms with Crippen molar-refractivity contribution in [2.75, 3.05) is 13.1 Å². The summed E-state index contributed by atoms with van der Waals surface area (Å²) in [5.74, 6) is 0. The smallest absolute Gasteiger partial charge is 0.109 e. The van der Waals surface area contributed by atoms with Crippen LogP contribution in [0.5, 0.6) is 0 Å². The van der Waals surface area contributed by atoms with E-state index in [0.29, 0.717) is 0 Å². The monoisotopic (exact) mass is 196 g/mol. The molecule has 1 aliphatic heterocycles. The molecule has 1 aromatic heterocycles. The van der Waals surface area contributed by atoms with E-state index in [1.807, 2.05) is 7.05 Å². The average Bonchev–Trinajstić information content (AvgIpc) is 2.46. The molecule has 1 aromatic rings. The van der Waals surface area contributed by atoms with Gasteiger partial charge in [-0.25, -0.2) is 4.68 Å². The minimum atomic E-state index is -0.748. The number of hydrogen-bond acceptors (Lipinski definition) is 4. The van der Waals surface area contributed by atoms with Crippen molar-refractivity contribution < 1.29 is 5.11 Å². The van der Waals surface area contributed by atoms with Crippen LogP contribution in [-0.2, 0) is 12.6 Å². The molecule has 1 aliphatic rings. The Hall–Kier alpha value is -0.940. The lowest BCUT2D eigenvalue weighted by Crippen LogP contribution is -2.29. The fraction of sp³-hybridized carbons (Fsp3) is 0.778. The van der Waals surface area contributed by atoms with E-state index in [0.717, 1.165) is 38.0 Å². The molecule has 2 N–H and O–H groups in total. The predicted molar refractivity (Wildman–Crippen MR) is 51.6 cm³/mol. The molecular formula is C9H16N4O. The average molecular weight is 196 g/mol. The molecule has 1 unspecified atom stereocenters. The van der Waals surface area contributed by atoms with Crippen LogP contribution in [0.3, 0.4) is 0 Å². The van der Waals surface area contributed by atoms with E-state index in [9.17, 15) is 5.11 Å². The van der Waals surface area contributed by atoms with E-state index in [1.54, 1.807) is 10.9 Å². The van der Waals surface area contributed by atoms with Gasteiger partial charge in [0.2, 0.25) is 0 Å². The summed E-state index contributed by atoms with van der Waals surface area (Å²) in [6, 6.07) is 0. The molecule has 0 saturated carbocycles.